The highest BCUT2D eigenvalue weighted by Gasteiger charge is 2.37. The summed E-state index contributed by atoms with van der Waals surface area (Å²) in [4.78, 5) is 16.5. The second kappa shape index (κ2) is 12.8. The van der Waals surface area contributed by atoms with E-state index in [0.29, 0.717) is 18.4 Å². The van der Waals surface area contributed by atoms with Gasteiger partial charge in [0.1, 0.15) is 0 Å². The van der Waals surface area contributed by atoms with Crippen LogP contribution < -0.4 is 10.6 Å². The van der Waals surface area contributed by atoms with Crippen LogP contribution in [0.15, 0.2) is 52.3 Å². The maximum Gasteiger partial charge on any atom is 0.416 e. The number of aryl methyl sites for hydroxylation is 1. The van der Waals surface area contributed by atoms with Crippen LogP contribution in [0.2, 0.25) is 0 Å². The summed E-state index contributed by atoms with van der Waals surface area (Å²) in [5.41, 5.74) is -0.305. The highest BCUT2D eigenvalue weighted by molar-refractivity contribution is 7.98. The molecule has 1 aliphatic rings. The number of amides is 1. The highest BCUT2D eigenvalue weighted by Crippen LogP contribution is 2.34. The smallest absolute Gasteiger partial charge is 0.359 e. The first kappa shape index (κ1) is 32.2. The van der Waals surface area contributed by atoms with Crippen LogP contribution in [0.25, 0.3) is 10.9 Å². The molecule has 42 heavy (non-hydrogen) atoms. The van der Waals surface area contributed by atoms with Crippen molar-refractivity contribution >= 4 is 44.2 Å². The van der Waals surface area contributed by atoms with E-state index >= 15 is 0 Å². The lowest BCUT2D eigenvalue weighted by Crippen LogP contribution is -2.51. The number of hydrogen-bond donors (Lipinski definition) is 2. The minimum atomic E-state index is -4.51. The van der Waals surface area contributed by atoms with E-state index in [4.69, 9.17) is 0 Å². The predicted molar refractivity (Wildman–Crippen MR) is 160 cm³/mol. The molecule has 0 spiro atoms. The van der Waals surface area contributed by atoms with Gasteiger partial charge in [-0.1, -0.05) is 0 Å². The molecule has 2 unspecified atom stereocenters. The van der Waals surface area contributed by atoms with Crippen molar-refractivity contribution in [3.8, 4) is 0 Å². The number of nitrogens with zero attached hydrogens (tertiary/aromatic N) is 3. The van der Waals surface area contributed by atoms with Crippen molar-refractivity contribution in [2.45, 2.75) is 67.2 Å². The van der Waals surface area contributed by atoms with Gasteiger partial charge < -0.3 is 15.5 Å². The number of carbonyl (C=O) groups excluding carboxylic acids is 1. The first-order valence-electron chi connectivity index (χ1n) is 13.9. The fourth-order valence-electron chi connectivity index (χ4n) is 5.56. The summed E-state index contributed by atoms with van der Waals surface area (Å²) >= 11 is 1.53. The van der Waals surface area contributed by atoms with Crippen molar-refractivity contribution in [1.82, 2.24) is 20.0 Å². The molecule has 3 aromatic rings. The first-order valence-corrected chi connectivity index (χ1v) is 16.7. The summed E-state index contributed by atoms with van der Waals surface area (Å²) in [5, 5.41) is 10.4. The van der Waals surface area contributed by atoms with E-state index in [1.807, 2.05) is 13.3 Å². The molecule has 0 radical (unpaired) electrons. The quantitative estimate of drug-likeness (QED) is 0.299. The van der Waals surface area contributed by atoms with E-state index in [9.17, 15) is 26.4 Å². The Morgan fingerprint density at radius 1 is 1.17 bits per heavy atom. The molecule has 230 valence electrons. The van der Waals surface area contributed by atoms with Crippen molar-refractivity contribution < 1.29 is 26.4 Å². The number of nitrogens with one attached hydrogen (secondary N) is 2. The minimum absolute atomic E-state index is 0.0997. The molecular weight excluding hydrogens is 587 g/mol. The summed E-state index contributed by atoms with van der Waals surface area (Å²) in [6, 6.07) is 10.3. The lowest BCUT2D eigenvalue weighted by molar-refractivity contribution is -0.137. The van der Waals surface area contributed by atoms with Gasteiger partial charge in [0, 0.05) is 35.5 Å². The molecule has 0 aliphatic heterocycles. The van der Waals surface area contributed by atoms with E-state index < -0.39 is 21.6 Å². The molecule has 1 fully saturated rings. The van der Waals surface area contributed by atoms with E-state index in [0.717, 1.165) is 23.4 Å². The second-order valence-corrected chi connectivity index (χ2v) is 14.1. The average molecular weight is 626 g/mol. The number of rotatable bonds is 10. The molecular formula is C29H38F3N5O3S2. The normalized spacial score (nSPS) is 19.9. The standard InChI is InChI=1S/C29H38F3N5O3S2/c1-18(2)36(3)21-7-12-25(19(14-21)17-42(39,40)23-10-8-22(41-5)9-11-23)34-27(38)16-33-28-24-15-20(29(30,31)32)6-13-26(24)37(4)35-28/h6,8-11,13,15,18-19,21,25H,7,12,14,16-17H2,1-5H3,(H,33,35)(H,34,38)/t19?,21-,25?/m1/s1. The van der Waals surface area contributed by atoms with Gasteiger partial charge in [-0.15, -0.1) is 11.8 Å². The Hall–Kier alpha value is -2.77. The van der Waals surface area contributed by atoms with E-state index in [1.165, 1.54) is 22.5 Å². The zero-order chi connectivity index (χ0) is 30.8. The zero-order valence-electron chi connectivity index (χ0n) is 24.4. The van der Waals surface area contributed by atoms with Crippen LogP contribution in [-0.4, -0.2) is 72.7 Å². The number of hydrogen-bond acceptors (Lipinski definition) is 7. The molecule has 1 amide bonds. The van der Waals surface area contributed by atoms with Crippen LogP contribution in [0.1, 0.15) is 38.7 Å². The molecule has 8 nitrogen and oxygen atoms in total. The number of carbonyl (C=O) groups is 1. The van der Waals surface area contributed by atoms with Crippen LogP contribution >= 0.6 is 11.8 Å². The van der Waals surface area contributed by atoms with E-state index in [1.54, 1.807) is 31.3 Å². The van der Waals surface area contributed by atoms with Gasteiger partial charge in [0.2, 0.25) is 5.91 Å². The van der Waals surface area contributed by atoms with Gasteiger partial charge in [-0.25, -0.2) is 8.42 Å². The lowest BCUT2D eigenvalue weighted by Gasteiger charge is -2.41. The van der Waals surface area contributed by atoms with Gasteiger partial charge in [0.25, 0.3) is 0 Å². The molecule has 0 saturated heterocycles. The molecule has 3 atom stereocenters. The number of alkyl halides is 3. The SMILES string of the molecule is CSc1ccc(S(=O)(=O)CC2C[C@H](N(C)C(C)C)CCC2NC(=O)CNc2nn(C)c3ccc(C(F)(F)F)cc23)cc1. The summed E-state index contributed by atoms with van der Waals surface area (Å²) < 4.78 is 68.2. The van der Waals surface area contributed by atoms with Crippen LogP contribution in [0.3, 0.4) is 0 Å². The van der Waals surface area contributed by atoms with E-state index in [-0.39, 0.29) is 58.3 Å². The average Bonchev–Trinajstić information content (AvgIpc) is 3.26. The Balaban J connectivity index is 1.49. The summed E-state index contributed by atoms with van der Waals surface area (Å²) in [6.07, 6.45) is -0.555. The van der Waals surface area contributed by atoms with Crippen LogP contribution in [-0.2, 0) is 27.9 Å². The number of fused-ring (bicyclic) bond motifs is 1. The number of benzene rings is 2. The van der Waals surface area contributed by atoms with Gasteiger partial charge in [-0.05, 0) is 94.8 Å². The Morgan fingerprint density at radius 2 is 1.86 bits per heavy atom. The van der Waals surface area contributed by atoms with Gasteiger partial charge in [0.05, 0.1) is 28.3 Å². The van der Waals surface area contributed by atoms with Gasteiger partial charge in [-0.3, -0.25) is 9.48 Å². The lowest BCUT2D eigenvalue weighted by atomic mass is 9.81. The second-order valence-electron chi connectivity index (χ2n) is 11.2. The molecule has 4 rings (SSSR count). The molecule has 13 heteroatoms. The molecule has 1 aromatic heterocycles. The van der Waals surface area contributed by atoms with Gasteiger partial charge in [-0.2, -0.15) is 18.3 Å². The number of anilines is 1. The third kappa shape index (κ3) is 7.41. The van der Waals surface area contributed by atoms with Crippen molar-refractivity contribution in [2.24, 2.45) is 13.0 Å². The van der Waals surface area contributed by atoms with Crippen molar-refractivity contribution in [1.29, 1.82) is 0 Å². The van der Waals surface area contributed by atoms with Crippen LogP contribution in [0, 0.1) is 5.92 Å². The fourth-order valence-corrected chi connectivity index (χ4v) is 7.64. The largest absolute Gasteiger partial charge is 0.416 e. The topological polar surface area (TPSA) is 96.3 Å². The Morgan fingerprint density at radius 3 is 2.48 bits per heavy atom. The molecule has 1 saturated carbocycles. The number of halogens is 3. The summed E-state index contributed by atoms with van der Waals surface area (Å²) in [5.74, 6) is -0.626. The van der Waals surface area contributed by atoms with Crippen LogP contribution in [0.4, 0.5) is 19.0 Å². The zero-order valence-corrected chi connectivity index (χ0v) is 26.0. The number of thioether (sulfide) groups is 1. The Bertz CT molecular complexity index is 1510. The van der Waals surface area contributed by atoms with Gasteiger partial charge >= 0.3 is 6.18 Å². The molecule has 1 heterocycles. The molecule has 1 aliphatic carbocycles. The molecule has 2 N–H and O–H groups in total. The minimum Gasteiger partial charge on any atom is -0.359 e. The van der Waals surface area contributed by atoms with Crippen LogP contribution in [0.5, 0.6) is 0 Å². The molecule has 2 aromatic carbocycles. The predicted octanol–water partition coefficient (Wildman–Crippen LogP) is 5.19. The fraction of sp³-hybridized carbons (Fsp3) is 0.517. The maximum atomic E-state index is 13.4. The van der Waals surface area contributed by atoms with Crippen molar-refractivity contribution in [3.63, 3.8) is 0 Å². The Labute approximate surface area is 249 Å². The summed E-state index contributed by atoms with van der Waals surface area (Å²) in [6.45, 7) is 3.97. The van der Waals surface area contributed by atoms with Crippen molar-refractivity contribution in [3.05, 3.63) is 48.0 Å². The number of sulfone groups is 1. The first-order chi connectivity index (χ1) is 19.7. The third-order valence-corrected chi connectivity index (χ3v) is 10.7. The third-order valence-electron chi connectivity index (χ3n) is 8.14. The molecule has 0 bridgehead atoms. The number of aromatic nitrogens is 2. The van der Waals surface area contributed by atoms with E-state index in [2.05, 4.69) is 34.5 Å². The summed E-state index contributed by atoms with van der Waals surface area (Å²) in [7, 11) is 0.0368. The Kier molecular flexibility index (Phi) is 9.83. The highest BCUT2D eigenvalue weighted by atomic mass is 32.2. The monoisotopic (exact) mass is 625 g/mol. The van der Waals surface area contributed by atoms with Gasteiger partial charge in [0.15, 0.2) is 15.7 Å². The maximum absolute atomic E-state index is 13.4. The van der Waals surface area contributed by atoms with Crippen molar-refractivity contribution in [2.75, 3.05) is 30.9 Å².